The van der Waals surface area contributed by atoms with Gasteiger partial charge in [0.1, 0.15) is 0 Å². The lowest BCUT2D eigenvalue weighted by molar-refractivity contribution is 0.137. The molecule has 0 radical (unpaired) electrons. The maximum atomic E-state index is 5.29. The summed E-state index contributed by atoms with van der Waals surface area (Å²) in [5.41, 5.74) is 0. The van der Waals surface area contributed by atoms with Crippen molar-refractivity contribution in [2.24, 2.45) is 0 Å². The van der Waals surface area contributed by atoms with Gasteiger partial charge in [-0.15, -0.1) is 11.8 Å². The molecule has 0 amide bonds. The molecule has 2 nitrogen and oxygen atoms in total. The highest BCUT2D eigenvalue weighted by atomic mass is 16.5. The van der Waals surface area contributed by atoms with Gasteiger partial charge in [-0.3, -0.25) is 0 Å². The molecule has 1 N–H and O–H groups in total. The van der Waals surface area contributed by atoms with Crippen molar-refractivity contribution in [3.63, 3.8) is 0 Å². The number of hydrogen-bond donors (Lipinski definition) is 1. The number of rotatable bonds is 7. The molecular weight excluding hydrogens is 150 g/mol. The minimum atomic E-state index is 0.813. The van der Waals surface area contributed by atoms with Gasteiger partial charge < -0.3 is 10.1 Å². The summed E-state index contributed by atoms with van der Waals surface area (Å²) in [6.45, 7) is 7.57. The van der Waals surface area contributed by atoms with Gasteiger partial charge in [0.25, 0.3) is 0 Å². The Hall–Kier alpha value is -0.520. The molecule has 0 bridgehead atoms. The average molecular weight is 169 g/mol. The molecule has 0 rings (SSSR count). The van der Waals surface area contributed by atoms with E-state index in [0.29, 0.717) is 0 Å². The molecule has 0 fully saturated rings. The summed E-state index contributed by atoms with van der Waals surface area (Å²) in [4.78, 5) is 0. The third-order valence-corrected chi connectivity index (χ3v) is 1.38. The highest BCUT2D eigenvalue weighted by Gasteiger charge is 1.85. The van der Waals surface area contributed by atoms with Crippen molar-refractivity contribution in [1.82, 2.24) is 5.32 Å². The molecule has 0 unspecified atom stereocenters. The van der Waals surface area contributed by atoms with E-state index in [9.17, 15) is 0 Å². The van der Waals surface area contributed by atoms with E-state index in [4.69, 9.17) is 4.74 Å². The van der Waals surface area contributed by atoms with Crippen molar-refractivity contribution in [1.29, 1.82) is 0 Å². The molecule has 0 aromatic heterocycles. The Kier molecular flexibility index (Phi) is 10.0. The predicted octanol–water partition coefficient (Wildman–Crippen LogP) is 1.42. The Morgan fingerprint density at radius 1 is 1.25 bits per heavy atom. The monoisotopic (exact) mass is 169 g/mol. The van der Waals surface area contributed by atoms with E-state index in [-0.39, 0.29) is 0 Å². The minimum absolute atomic E-state index is 0.813. The topological polar surface area (TPSA) is 21.3 Å². The van der Waals surface area contributed by atoms with Gasteiger partial charge in [-0.25, -0.2) is 0 Å². The maximum Gasteiger partial charge on any atom is 0.0590 e. The molecule has 0 aromatic carbocycles. The summed E-state index contributed by atoms with van der Waals surface area (Å²) in [6.07, 6.45) is 2.03. The zero-order valence-electron chi connectivity index (χ0n) is 8.15. The molecule has 0 aliphatic heterocycles. The molecule has 0 aromatic rings. The van der Waals surface area contributed by atoms with Crippen LogP contribution in [0.5, 0.6) is 0 Å². The van der Waals surface area contributed by atoms with Crippen LogP contribution in [0.15, 0.2) is 0 Å². The van der Waals surface area contributed by atoms with Gasteiger partial charge in [-0.1, -0.05) is 6.92 Å². The van der Waals surface area contributed by atoms with E-state index in [1.54, 1.807) is 0 Å². The van der Waals surface area contributed by atoms with E-state index < -0.39 is 0 Å². The Labute approximate surface area is 75.7 Å². The molecular formula is C10H19NO. The molecule has 0 aliphatic carbocycles. The zero-order chi connectivity index (χ0) is 9.07. The minimum Gasteiger partial charge on any atom is -0.380 e. The van der Waals surface area contributed by atoms with Crippen LogP contribution < -0.4 is 5.32 Å². The van der Waals surface area contributed by atoms with Crippen molar-refractivity contribution in [2.45, 2.75) is 26.7 Å². The Balaban J connectivity index is 2.84. The van der Waals surface area contributed by atoms with Gasteiger partial charge in [-0.2, -0.15) is 0 Å². The summed E-state index contributed by atoms with van der Waals surface area (Å²) in [5, 5.41) is 3.25. The maximum absolute atomic E-state index is 5.29. The fourth-order valence-electron chi connectivity index (χ4n) is 0.792. The first kappa shape index (κ1) is 11.5. The lowest BCUT2D eigenvalue weighted by atomic mass is 10.4. The number of ether oxygens (including phenoxy) is 1. The van der Waals surface area contributed by atoms with Crippen LogP contribution in [0.2, 0.25) is 0 Å². The third-order valence-electron chi connectivity index (χ3n) is 1.38. The second-order valence-corrected chi connectivity index (χ2v) is 2.54. The number of hydrogen-bond acceptors (Lipinski definition) is 2. The smallest absolute Gasteiger partial charge is 0.0590 e. The normalized spacial score (nSPS) is 9.17. The van der Waals surface area contributed by atoms with Crippen LogP contribution in [-0.4, -0.2) is 26.3 Å². The van der Waals surface area contributed by atoms with Crippen molar-refractivity contribution < 1.29 is 4.74 Å². The van der Waals surface area contributed by atoms with Gasteiger partial charge >= 0.3 is 0 Å². The molecule has 0 spiro atoms. The third kappa shape index (κ3) is 9.48. The molecule has 12 heavy (non-hydrogen) atoms. The van der Waals surface area contributed by atoms with Crippen molar-refractivity contribution in [3.8, 4) is 11.8 Å². The first-order valence-corrected chi connectivity index (χ1v) is 4.60. The highest BCUT2D eigenvalue weighted by molar-refractivity contribution is 4.94. The second-order valence-electron chi connectivity index (χ2n) is 2.54. The molecule has 0 atom stereocenters. The largest absolute Gasteiger partial charge is 0.380 e. The Morgan fingerprint density at radius 2 is 2.08 bits per heavy atom. The van der Waals surface area contributed by atoms with Crippen molar-refractivity contribution >= 4 is 0 Å². The lowest BCUT2D eigenvalue weighted by Gasteiger charge is -2.02. The summed E-state index contributed by atoms with van der Waals surface area (Å²) in [5.74, 6) is 5.85. The Bertz CT molecular complexity index is 135. The molecule has 0 aliphatic rings. The van der Waals surface area contributed by atoms with Crippen molar-refractivity contribution in [2.75, 3.05) is 26.3 Å². The van der Waals surface area contributed by atoms with Gasteiger partial charge in [0.05, 0.1) is 6.61 Å². The summed E-state index contributed by atoms with van der Waals surface area (Å²) < 4.78 is 5.29. The lowest BCUT2D eigenvalue weighted by Crippen LogP contribution is -2.20. The molecule has 0 saturated carbocycles. The molecule has 70 valence electrons. The first-order valence-electron chi connectivity index (χ1n) is 4.60. The average Bonchev–Trinajstić information content (AvgIpc) is 2.10. The second kappa shape index (κ2) is 10.5. The van der Waals surface area contributed by atoms with Gasteiger partial charge in [0.2, 0.25) is 0 Å². The molecule has 0 saturated heterocycles. The predicted molar refractivity (Wildman–Crippen MR) is 52.0 cm³/mol. The van der Waals surface area contributed by atoms with E-state index in [1.165, 1.54) is 0 Å². The van der Waals surface area contributed by atoms with Gasteiger partial charge in [-0.05, 0) is 13.3 Å². The first-order chi connectivity index (χ1) is 5.91. The fraction of sp³-hybridized carbons (Fsp3) is 0.800. The van der Waals surface area contributed by atoms with Crippen LogP contribution in [0.3, 0.4) is 0 Å². The van der Waals surface area contributed by atoms with Gasteiger partial charge in [0, 0.05) is 26.1 Å². The van der Waals surface area contributed by atoms with E-state index in [0.717, 1.165) is 39.1 Å². The summed E-state index contributed by atoms with van der Waals surface area (Å²) in [6, 6.07) is 0. The highest BCUT2D eigenvalue weighted by Crippen LogP contribution is 1.78. The van der Waals surface area contributed by atoms with Crippen LogP contribution in [0.4, 0.5) is 0 Å². The standard InChI is InChI=1S/C10H19NO/c1-3-5-6-7-11-8-10-12-9-4-2/h11H,4,6-10H2,1-2H3. The van der Waals surface area contributed by atoms with E-state index >= 15 is 0 Å². The SMILES string of the molecule is CC#CCCNCCOCCC. The summed E-state index contributed by atoms with van der Waals surface area (Å²) >= 11 is 0. The Morgan fingerprint density at radius 3 is 2.75 bits per heavy atom. The molecule has 0 heterocycles. The van der Waals surface area contributed by atoms with Crippen LogP contribution in [-0.2, 0) is 4.74 Å². The van der Waals surface area contributed by atoms with Crippen LogP contribution in [0, 0.1) is 11.8 Å². The van der Waals surface area contributed by atoms with Crippen molar-refractivity contribution in [3.05, 3.63) is 0 Å². The van der Waals surface area contributed by atoms with Crippen LogP contribution in [0.25, 0.3) is 0 Å². The number of nitrogens with one attached hydrogen (secondary N) is 1. The quantitative estimate of drug-likeness (QED) is 0.459. The van der Waals surface area contributed by atoms with Crippen LogP contribution >= 0.6 is 0 Å². The van der Waals surface area contributed by atoms with Gasteiger partial charge in [0.15, 0.2) is 0 Å². The van der Waals surface area contributed by atoms with E-state index in [1.807, 2.05) is 6.92 Å². The van der Waals surface area contributed by atoms with E-state index in [2.05, 4.69) is 24.1 Å². The zero-order valence-corrected chi connectivity index (χ0v) is 8.15. The molecule has 2 heteroatoms. The summed E-state index contributed by atoms with van der Waals surface area (Å²) in [7, 11) is 0. The van der Waals surface area contributed by atoms with Crippen LogP contribution in [0.1, 0.15) is 26.7 Å². The fourth-order valence-corrected chi connectivity index (χ4v) is 0.792.